The van der Waals surface area contributed by atoms with Crippen LogP contribution >= 0.6 is 0 Å². The molecule has 0 nitrogen and oxygen atoms in total. The molecule has 0 amide bonds. The van der Waals surface area contributed by atoms with Crippen LogP contribution in [0.2, 0.25) is 0 Å². The molecule has 2 heteroatoms. The number of hydrogen-bond acceptors (Lipinski definition) is 0. The summed E-state index contributed by atoms with van der Waals surface area (Å²) in [6.07, 6.45) is 8.61. The molecule has 0 aliphatic heterocycles. The molecule has 0 radical (unpaired) electrons. The van der Waals surface area contributed by atoms with Gasteiger partial charge in [0.1, 0.15) is 0 Å². The van der Waals surface area contributed by atoms with Gasteiger partial charge in [-0.15, -0.1) is 17.2 Å². The normalized spacial score (nSPS) is 13.2. The Bertz CT molecular complexity index is 824. The van der Waals surface area contributed by atoms with Crippen LogP contribution in [0.5, 0.6) is 0 Å². The minimum Gasteiger partial charge on any atom is -1.00 e. The van der Waals surface area contributed by atoms with Gasteiger partial charge in [0.05, 0.1) is 0 Å². The minimum atomic E-state index is 0. The van der Waals surface area contributed by atoms with Crippen molar-refractivity contribution in [2.24, 2.45) is 0 Å². The summed E-state index contributed by atoms with van der Waals surface area (Å²) in [6.45, 7) is 8.60. The van der Waals surface area contributed by atoms with E-state index >= 15 is 0 Å². The third kappa shape index (κ3) is 3.90. The van der Waals surface area contributed by atoms with Gasteiger partial charge in [-0.05, 0) is 24.0 Å². The first-order valence-electron chi connectivity index (χ1n) is 8.02. The molecule has 2 aliphatic carbocycles. The summed E-state index contributed by atoms with van der Waals surface area (Å²) in [5, 5.41) is 0. The maximum atomic E-state index is 4.35. The average Bonchev–Trinajstić information content (AvgIpc) is 3.14. The van der Waals surface area contributed by atoms with Crippen molar-refractivity contribution in [3.63, 3.8) is 0 Å². The first-order valence-corrected chi connectivity index (χ1v) is 9.24. The molecule has 0 N–H and O–H groups in total. The first kappa shape index (κ1) is 19.2. The maximum Gasteiger partial charge on any atom is -0.0203 e. The van der Waals surface area contributed by atoms with Gasteiger partial charge in [0.25, 0.3) is 0 Å². The summed E-state index contributed by atoms with van der Waals surface area (Å²) >= 11 is 1.55. The molecule has 0 heterocycles. The van der Waals surface area contributed by atoms with E-state index in [9.17, 15) is 0 Å². The molecule has 2 aliphatic rings. The van der Waals surface area contributed by atoms with Crippen molar-refractivity contribution in [2.75, 3.05) is 0 Å². The van der Waals surface area contributed by atoms with E-state index in [-0.39, 0.29) is 12.4 Å². The Balaban J connectivity index is 0.000000379. The Hall–Kier alpha value is -1.17. The van der Waals surface area contributed by atoms with E-state index in [1.165, 1.54) is 42.2 Å². The van der Waals surface area contributed by atoms with E-state index < -0.39 is 0 Å². The van der Waals surface area contributed by atoms with Gasteiger partial charge in [0, 0.05) is 0 Å². The molecule has 2 aromatic rings. The third-order valence-corrected chi connectivity index (χ3v) is 4.22. The summed E-state index contributed by atoms with van der Waals surface area (Å²) < 4.78 is 1.51. The number of benzene rings is 2. The van der Waals surface area contributed by atoms with Crippen molar-refractivity contribution in [1.29, 1.82) is 0 Å². The molecule has 0 saturated heterocycles. The predicted molar refractivity (Wildman–Crippen MR) is 97.2 cm³/mol. The van der Waals surface area contributed by atoms with Gasteiger partial charge in [-0.1, -0.05) is 59.7 Å². The van der Waals surface area contributed by atoms with E-state index in [0.29, 0.717) is 0 Å². The second-order valence-corrected chi connectivity index (χ2v) is 8.73. The zero-order chi connectivity index (χ0) is 16.4. The topological polar surface area (TPSA) is 0 Å². The number of rotatable bonds is 1. The van der Waals surface area contributed by atoms with Crippen LogP contribution in [0.1, 0.15) is 42.5 Å². The van der Waals surface area contributed by atoms with Gasteiger partial charge in [-0.25, -0.2) is 0 Å². The first-order chi connectivity index (χ1) is 11.1. The van der Waals surface area contributed by atoms with E-state index in [1.54, 1.807) is 24.2 Å². The quantitative estimate of drug-likeness (QED) is 0.540. The fourth-order valence-corrected chi connectivity index (χ4v) is 3.22. The predicted octanol–water partition coefficient (Wildman–Crippen LogP) is 2.53. The second-order valence-electron chi connectivity index (χ2n) is 6.28. The monoisotopic (exact) mass is 410 g/mol. The van der Waals surface area contributed by atoms with Gasteiger partial charge in [0.2, 0.25) is 0 Å². The number of allylic oxidation sites excluding steroid dienone is 4. The zero-order valence-corrected chi connectivity index (χ0v) is 17.4. The molecule has 0 fully saturated rings. The van der Waals surface area contributed by atoms with Crippen molar-refractivity contribution in [1.82, 2.24) is 0 Å². The molecule has 0 saturated carbocycles. The molecular weight excluding hydrogens is 391 g/mol. The fraction of sp³-hybridized carbons (Fsp3) is 0.182. The van der Waals surface area contributed by atoms with Crippen LogP contribution < -0.4 is 12.4 Å². The van der Waals surface area contributed by atoms with Crippen LogP contribution in [0.3, 0.4) is 0 Å². The standard InChI is InChI=1S/C19H15.C3H6.ClH.Zr/c1-13-16(14-6-2-3-7-14)10-11-18-17-9-5-4-8-15(17)12-19(13)18;1-3-2;;/h2-6,8-11H,1,7,12H2;1-2H3;1H;/q-1;;;+2/p-1. The van der Waals surface area contributed by atoms with Crippen LogP contribution in [0.4, 0.5) is 0 Å². The van der Waals surface area contributed by atoms with Gasteiger partial charge >= 0.3 is 41.3 Å². The maximum absolute atomic E-state index is 4.35. The minimum absolute atomic E-state index is 0. The number of fused-ring (bicyclic) bond motifs is 3. The molecule has 0 spiro atoms. The Morgan fingerprint density at radius 3 is 2.33 bits per heavy atom. The van der Waals surface area contributed by atoms with Gasteiger partial charge in [0.15, 0.2) is 0 Å². The molecule has 0 bridgehead atoms. The van der Waals surface area contributed by atoms with E-state index in [1.807, 2.05) is 0 Å². The van der Waals surface area contributed by atoms with Crippen molar-refractivity contribution < 1.29 is 36.6 Å². The summed E-state index contributed by atoms with van der Waals surface area (Å²) in [4.78, 5) is 0. The Morgan fingerprint density at radius 1 is 1.00 bits per heavy atom. The fourth-order valence-electron chi connectivity index (χ4n) is 3.22. The summed E-state index contributed by atoms with van der Waals surface area (Å²) in [7, 11) is 0. The van der Waals surface area contributed by atoms with Crippen LogP contribution in [0.15, 0.2) is 54.6 Å². The zero-order valence-electron chi connectivity index (χ0n) is 14.2. The van der Waals surface area contributed by atoms with Gasteiger partial charge in [-0.2, -0.15) is 12.5 Å². The smallest absolute Gasteiger partial charge is 0.0203 e. The molecule has 24 heavy (non-hydrogen) atoms. The van der Waals surface area contributed by atoms with Crippen LogP contribution in [-0.2, 0) is 30.7 Å². The third-order valence-electron chi connectivity index (χ3n) is 4.22. The van der Waals surface area contributed by atoms with Gasteiger partial charge < -0.3 is 12.4 Å². The largest absolute Gasteiger partial charge is 1.00 e. The van der Waals surface area contributed by atoms with Crippen LogP contribution in [0.25, 0.3) is 16.7 Å². The SMILES string of the molecule is C[C](C)=[Zr+2].[CH2-]c1c(C2=CC=CC2)ccc2c1Cc1ccccc1-2.[Cl-]. The Kier molecular flexibility index (Phi) is 6.61. The van der Waals surface area contributed by atoms with Gasteiger partial charge in [-0.3, -0.25) is 0 Å². The summed E-state index contributed by atoms with van der Waals surface area (Å²) in [5.41, 5.74) is 9.51. The van der Waals surface area contributed by atoms with Crippen molar-refractivity contribution in [3.05, 3.63) is 83.8 Å². The molecule has 0 unspecified atom stereocenters. The van der Waals surface area contributed by atoms with E-state index in [0.717, 1.165) is 12.8 Å². The molecule has 0 atom stereocenters. The number of hydrogen-bond donors (Lipinski definition) is 0. The summed E-state index contributed by atoms with van der Waals surface area (Å²) in [5.74, 6) is 0. The van der Waals surface area contributed by atoms with Crippen molar-refractivity contribution in [3.8, 4) is 11.1 Å². The molecule has 0 aromatic heterocycles. The van der Waals surface area contributed by atoms with Crippen molar-refractivity contribution >= 4 is 8.78 Å². The molecule has 2 aromatic carbocycles. The van der Waals surface area contributed by atoms with E-state index in [4.69, 9.17) is 0 Å². The van der Waals surface area contributed by atoms with E-state index in [2.05, 4.69) is 75.4 Å². The number of halogens is 1. The Labute approximate surface area is 166 Å². The molecule has 4 rings (SSSR count). The average molecular weight is 412 g/mol. The molecule has 120 valence electrons. The van der Waals surface area contributed by atoms with Crippen molar-refractivity contribution in [2.45, 2.75) is 26.7 Å². The summed E-state index contributed by atoms with van der Waals surface area (Å²) in [6, 6.07) is 13.2. The molecular formula is C22H21ClZr. The van der Waals surface area contributed by atoms with Crippen LogP contribution in [-0.4, -0.2) is 3.21 Å². The second kappa shape index (κ2) is 8.28. The Morgan fingerprint density at radius 2 is 1.67 bits per heavy atom. The van der Waals surface area contributed by atoms with Crippen LogP contribution in [0, 0.1) is 6.92 Å².